The molecule has 1 aliphatic carbocycles. The van der Waals surface area contributed by atoms with Crippen molar-refractivity contribution < 1.29 is 9.47 Å². The Bertz CT molecular complexity index is 1050. The quantitative estimate of drug-likeness (QED) is 0.648. The van der Waals surface area contributed by atoms with Crippen LogP contribution in [0.3, 0.4) is 0 Å². The SMILES string of the molecule is COc1ccc(C2CC2COc2nc(C)ncc2-c2ccc(=O)n(C)n2)nc1. The summed E-state index contributed by atoms with van der Waals surface area (Å²) < 4.78 is 12.5. The molecule has 0 bridgehead atoms. The standard InChI is InChI=1S/C20H21N5O3/c1-12-21-10-16(18-6-7-19(26)25(2)24-18)20(23-12)28-11-13-8-15(13)17-5-4-14(27-3)9-22-17/h4-7,9-10,13,15H,8,11H2,1-3H3. The topological polar surface area (TPSA) is 92.0 Å². The van der Waals surface area contributed by atoms with Gasteiger partial charge < -0.3 is 9.47 Å². The predicted molar refractivity (Wildman–Crippen MR) is 102 cm³/mol. The molecule has 1 saturated carbocycles. The van der Waals surface area contributed by atoms with Crippen molar-refractivity contribution in [3.05, 3.63) is 58.5 Å². The van der Waals surface area contributed by atoms with E-state index in [1.54, 1.807) is 32.6 Å². The third-order valence-corrected chi connectivity index (χ3v) is 4.84. The van der Waals surface area contributed by atoms with Gasteiger partial charge >= 0.3 is 0 Å². The van der Waals surface area contributed by atoms with Crippen LogP contribution in [0.4, 0.5) is 0 Å². The van der Waals surface area contributed by atoms with Gasteiger partial charge in [-0.15, -0.1) is 0 Å². The van der Waals surface area contributed by atoms with E-state index in [1.807, 2.05) is 19.1 Å². The second-order valence-electron chi connectivity index (χ2n) is 6.85. The van der Waals surface area contributed by atoms with E-state index in [2.05, 4.69) is 20.1 Å². The van der Waals surface area contributed by atoms with E-state index in [-0.39, 0.29) is 5.56 Å². The lowest BCUT2D eigenvalue weighted by Gasteiger charge is -2.11. The van der Waals surface area contributed by atoms with Gasteiger partial charge in [-0.25, -0.2) is 9.67 Å². The van der Waals surface area contributed by atoms with Gasteiger partial charge in [0.15, 0.2) is 0 Å². The zero-order valence-corrected chi connectivity index (χ0v) is 16.0. The Hall–Kier alpha value is -3.29. The van der Waals surface area contributed by atoms with E-state index in [9.17, 15) is 4.79 Å². The molecule has 2 unspecified atom stereocenters. The maximum absolute atomic E-state index is 11.6. The van der Waals surface area contributed by atoms with Crippen molar-refractivity contribution >= 4 is 0 Å². The molecule has 1 aliphatic rings. The van der Waals surface area contributed by atoms with E-state index < -0.39 is 0 Å². The maximum atomic E-state index is 11.6. The van der Waals surface area contributed by atoms with Crippen molar-refractivity contribution in [3.63, 3.8) is 0 Å². The second-order valence-corrected chi connectivity index (χ2v) is 6.85. The highest BCUT2D eigenvalue weighted by Gasteiger charge is 2.40. The molecule has 8 nitrogen and oxygen atoms in total. The lowest BCUT2D eigenvalue weighted by atomic mass is 10.2. The zero-order chi connectivity index (χ0) is 19.7. The van der Waals surface area contributed by atoms with Crippen LogP contribution in [0.5, 0.6) is 11.6 Å². The van der Waals surface area contributed by atoms with Crippen LogP contribution in [-0.2, 0) is 7.05 Å². The van der Waals surface area contributed by atoms with Gasteiger partial charge in [-0.05, 0) is 31.5 Å². The van der Waals surface area contributed by atoms with Crippen LogP contribution in [0.25, 0.3) is 11.3 Å². The van der Waals surface area contributed by atoms with Gasteiger partial charge in [-0.3, -0.25) is 9.78 Å². The van der Waals surface area contributed by atoms with Gasteiger partial charge in [0.2, 0.25) is 5.88 Å². The molecule has 0 saturated heterocycles. The van der Waals surface area contributed by atoms with Gasteiger partial charge in [0.05, 0.1) is 31.2 Å². The fourth-order valence-corrected chi connectivity index (χ4v) is 3.09. The highest BCUT2D eigenvalue weighted by atomic mass is 16.5. The minimum Gasteiger partial charge on any atom is -0.495 e. The predicted octanol–water partition coefficient (Wildman–Crippen LogP) is 2.13. The largest absolute Gasteiger partial charge is 0.495 e. The molecule has 0 aromatic carbocycles. The number of hydrogen-bond acceptors (Lipinski definition) is 7. The Morgan fingerprint density at radius 1 is 1.18 bits per heavy atom. The van der Waals surface area contributed by atoms with Gasteiger partial charge in [0.25, 0.3) is 5.56 Å². The van der Waals surface area contributed by atoms with E-state index in [0.29, 0.717) is 41.4 Å². The van der Waals surface area contributed by atoms with Crippen LogP contribution in [0, 0.1) is 12.8 Å². The summed E-state index contributed by atoms with van der Waals surface area (Å²) in [5, 5.41) is 4.28. The summed E-state index contributed by atoms with van der Waals surface area (Å²) in [6.07, 6.45) is 4.44. The van der Waals surface area contributed by atoms with Crippen molar-refractivity contribution in [1.82, 2.24) is 24.7 Å². The molecule has 28 heavy (non-hydrogen) atoms. The number of ether oxygens (including phenoxy) is 2. The molecule has 3 aromatic heterocycles. The van der Waals surface area contributed by atoms with Gasteiger partial charge in [0, 0.05) is 36.8 Å². The number of aromatic nitrogens is 5. The van der Waals surface area contributed by atoms with Crippen LogP contribution in [0.1, 0.15) is 23.9 Å². The minimum absolute atomic E-state index is 0.174. The Morgan fingerprint density at radius 2 is 2.04 bits per heavy atom. The molecule has 144 valence electrons. The summed E-state index contributed by atoms with van der Waals surface area (Å²) in [5.74, 6) is 2.62. The Labute approximate surface area is 162 Å². The average molecular weight is 379 g/mol. The summed E-state index contributed by atoms with van der Waals surface area (Å²) in [5.41, 5.74) is 2.14. The third kappa shape index (κ3) is 3.71. The zero-order valence-electron chi connectivity index (χ0n) is 16.0. The van der Waals surface area contributed by atoms with Gasteiger partial charge in [-0.1, -0.05) is 0 Å². The molecule has 0 N–H and O–H groups in total. The number of pyridine rings is 1. The highest BCUT2D eigenvalue weighted by molar-refractivity contribution is 5.63. The lowest BCUT2D eigenvalue weighted by Crippen LogP contribution is -2.18. The fourth-order valence-electron chi connectivity index (χ4n) is 3.09. The summed E-state index contributed by atoms with van der Waals surface area (Å²) in [4.78, 5) is 24.7. The number of rotatable bonds is 6. The molecule has 3 aromatic rings. The van der Waals surface area contributed by atoms with Crippen molar-refractivity contribution in [1.29, 1.82) is 0 Å². The maximum Gasteiger partial charge on any atom is 0.266 e. The molecular weight excluding hydrogens is 358 g/mol. The highest BCUT2D eigenvalue weighted by Crippen LogP contribution is 2.47. The second kappa shape index (κ2) is 7.38. The molecule has 3 heterocycles. The number of nitrogens with zero attached hydrogens (tertiary/aromatic N) is 5. The molecular formula is C20H21N5O3. The summed E-state index contributed by atoms with van der Waals surface area (Å²) in [7, 11) is 3.24. The lowest BCUT2D eigenvalue weighted by molar-refractivity contribution is 0.285. The molecule has 4 rings (SSSR count). The molecule has 1 fully saturated rings. The van der Waals surface area contributed by atoms with Crippen LogP contribution in [-0.4, -0.2) is 38.4 Å². The van der Waals surface area contributed by atoms with Crippen molar-refractivity contribution in [2.45, 2.75) is 19.3 Å². The minimum atomic E-state index is -0.174. The molecule has 0 amide bonds. The average Bonchev–Trinajstić information content (AvgIpc) is 3.48. The Balaban J connectivity index is 1.48. The third-order valence-electron chi connectivity index (χ3n) is 4.84. The number of aryl methyl sites for hydroxylation is 2. The van der Waals surface area contributed by atoms with Gasteiger partial charge in [0.1, 0.15) is 11.6 Å². The molecule has 2 atom stereocenters. The molecule has 0 radical (unpaired) electrons. The normalized spacial score (nSPS) is 18.0. The smallest absolute Gasteiger partial charge is 0.266 e. The van der Waals surface area contributed by atoms with Crippen molar-refractivity contribution in [2.75, 3.05) is 13.7 Å². The van der Waals surface area contributed by atoms with Crippen LogP contribution in [0.2, 0.25) is 0 Å². The summed E-state index contributed by atoms with van der Waals surface area (Å²) >= 11 is 0. The monoisotopic (exact) mass is 379 g/mol. The van der Waals surface area contributed by atoms with E-state index in [0.717, 1.165) is 17.9 Å². The first-order valence-corrected chi connectivity index (χ1v) is 9.06. The van der Waals surface area contributed by atoms with Gasteiger partial charge in [-0.2, -0.15) is 10.1 Å². The Morgan fingerprint density at radius 3 is 2.75 bits per heavy atom. The van der Waals surface area contributed by atoms with Crippen LogP contribution in [0.15, 0.2) is 41.5 Å². The first-order valence-electron chi connectivity index (χ1n) is 9.06. The first kappa shape index (κ1) is 18.1. The first-order chi connectivity index (χ1) is 13.5. The summed E-state index contributed by atoms with van der Waals surface area (Å²) in [6, 6.07) is 7.05. The van der Waals surface area contributed by atoms with Crippen LogP contribution >= 0.6 is 0 Å². The van der Waals surface area contributed by atoms with Crippen molar-refractivity contribution in [2.24, 2.45) is 13.0 Å². The fraction of sp³-hybridized carbons (Fsp3) is 0.350. The van der Waals surface area contributed by atoms with Crippen molar-refractivity contribution in [3.8, 4) is 22.9 Å². The molecule has 0 spiro atoms. The number of hydrogen-bond donors (Lipinski definition) is 0. The Kier molecular flexibility index (Phi) is 4.77. The van der Waals surface area contributed by atoms with Crippen LogP contribution < -0.4 is 15.0 Å². The van der Waals surface area contributed by atoms with E-state index >= 15 is 0 Å². The molecule has 8 heteroatoms. The number of methoxy groups -OCH3 is 1. The summed E-state index contributed by atoms with van der Waals surface area (Å²) in [6.45, 7) is 2.35. The van der Waals surface area contributed by atoms with E-state index in [4.69, 9.17) is 9.47 Å². The van der Waals surface area contributed by atoms with E-state index in [1.165, 1.54) is 10.7 Å². The molecule has 0 aliphatic heterocycles.